The molecular formula is C19H28N2O2. The van der Waals surface area contributed by atoms with E-state index >= 15 is 0 Å². The largest absolute Gasteiger partial charge is 0.373 e. The second-order valence-corrected chi connectivity index (χ2v) is 6.98. The van der Waals surface area contributed by atoms with Crippen molar-refractivity contribution in [2.45, 2.75) is 38.7 Å². The molecule has 3 rings (SSSR count). The lowest BCUT2D eigenvalue weighted by Gasteiger charge is -2.32. The van der Waals surface area contributed by atoms with Gasteiger partial charge in [-0.25, -0.2) is 0 Å². The highest BCUT2D eigenvalue weighted by atomic mass is 16.5. The van der Waals surface area contributed by atoms with Crippen LogP contribution in [-0.4, -0.2) is 32.1 Å². The maximum Gasteiger partial charge on any atom is 0.233 e. The number of rotatable bonds is 7. The Morgan fingerprint density at radius 1 is 1.17 bits per heavy atom. The average molecular weight is 316 g/mol. The summed E-state index contributed by atoms with van der Waals surface area (Å²) in [5.74, 6) is 1.26. The monoisotopic (exact) mass is 316 g/mol. The summed E-state index contributed by atoms with van der Waals surface area (Å²) in [5, 5.41) is 6.32. The van der Waals surface area contributed by atoms with Gasteiger partial charge < -0.3 is 15.4 Å². The van der Waals surface area contributed by atoms with E-state index in [9.17, 15) is 4.79 Å². The number of hydrogen-bond acceptors (Lipinski definition) is 3. The Morgan fingerprint density at radius 2 is 1.96 bits per heavy atom. The Bertz CT molecular complexity index is 511. The fourth-order valence-electron chi connectivity index (χ4n) is 3.20. The van der Waals surface area contributed by atoms with E-state index in [0.29, 0.717) is 19.0 Å². The van der Waals surface area contributed by atoms with Gasteiger partial charge in [-0.05, 0) is 50.6 Å². The van der Waals surface area contributed by atoms with Crippen LogP contribution in [0.25, 0.3) is 0 Å². The highest BCUT2D eigenvalue weighted by molar-refractivity contribution is 5.77. The van der Waals surface area contributed by atoms with Crippen LogP contribution in [0.2, 0.25) is 0 Å². The highest BCUT2D eigenvalue weighted by Crippen LogP contribution is 2.33. The van der Waals surface area contributed by atoms with Gasteiger partial charge in [-0.3, -0.25) is 4.79 Å². The van der Waals surface area contributed by atoms with Crippen LogP contribution in [0.1, 0.15) is 42.9 Å². The molecule has 4 nitrogen and oxygen atoms in total. The minimum absolute atomic E-state index is 0.0962. The summed E-state index contributed by atoms with van der Waals surface area (Å²) in [4.78, 5) is 12.0. The fraction of sp³-hybridized carbons (Fsp3) is 0.632. The van der Waals surface area contributed by atoms with E-state index in [2.05, 4.69) is 41.8 Å². The van der Waals surface area contributed by atoms with Gasteiger partial charge in [-0.1, -0.05) is 29.8 Å². The SMILES string of the molecule is Cc1ccc(C2OCCCC2CNC(=O)CNCC2CC2)cc1. The van der Waals surface area contributed by atoms with Gasteiger partial charge in [0.25, 0.3) is 0 Å². The first-order valence-corrected chi connectivity index (χ1v) is 8.88. The number of amides is 1. The van der Waals surface area contributed by atoms with Gasteiger partial charge >= 0.3 is 0 Å². The molecule has 1 aromatic rings. The van der Waals surface area contributed by atoms with Gasteiger partial charge in [0.05, 0.1) is 12.6 Å². The predicted octanol–water partition coefficient (Wildman–Crippen LogP) is 2.58. The minimum atomic E-state index is 0.0962. The molecule has 1 amide bonds. The van der Waals surface area contributed by atoms with Crippen molar-refractivity contribution in [1.29, 1.82) is 0 Å². The van der Waals surface area contributed by atoms with Crippen LogP contribution in [0.4, 0.5) is 0 Å². The molecule has 2 unspecified atom stereocenters. The standard InChI is InChI=1S/C19H28N2O2/c1-14-4-8-16(9-5-14)19-17(3-2-10-23-19)12-21-18(22)13-20-11-15-6-7-15/h4-5,8-9,15,17,19-20H,2-3,6-7,10-13H2,1H3,(H,21,22). The van der Waals surface area contributed by atoms with E-state index in [0.717, 1.165) is 31.9 Å². The number of nitrogens with one attached hydrogen (secondary N) is 2. The van der Waals surface area contributed by atoms with Crippen molar-refractivity contribution < 1.29 is 9.53 Å². The molecule has 1 aliphatic carbocycles. The number of carbonyl (C=O) groups excluding carboxylic acids is 1. The molecule has 1 heterocycles. The first-order valence-electron chi connectivity index (χ1n) is 8.88. The molecule has 0 radical (unpaired) electrons. The number of ether oxygens (including phenoxy) is 1. The number of hydrogen-bond donors (Lipinski definition) is 2. The van der Waals surface area contributed by atoms with E-state index in [1.54, 1.807) is 0 Å². The zero-order chi connectivity index (χ0) is 16.1. The molecule has 1 saturated carbocycles. The van der Waals surface area contributed by atoms with Gasteiger partial charge in [-0.15, -0.1) is 0 Å². The number of carbonyl (C=O) groups is 1. The molecule has 0 bridgehead atoms. The predicted molar refractivity (Wildman–Crippen MR) is 91.2 cm³/mol. The molecule has 1 aromatic carbocycles. The molecule has 2 aliphatic rings. The summed E-state index contributed by atoms with van der Waals surface area (Å²) in [7, 11) is 0. The summed E-state index contributed by atoms with van der Waals surface area (Å²) >= 11 is 0. The van der Waals surface area contributed by atoms with E-state index in [1.165, 1.54) is 24.0 Å². The van der Waals surface area contributed by atoms with Crippen LogP contribution in [0, 0.1) is 18.8 Å². The molecule has 126 valence electrons. The average Bonchev–Trinajstić information content (AvgIpc) is 3.38. The van der Waals surface area contributed by atoms with Gasteiger partial charge in [0, 0.05) is 19.1 Å². The lowest BCUT2D eigenvalue weighted by molar-refractivity contribution is -0.121. The zero-order valence-corrected chi connectivity index (χ0v) is 14.0. The Hall–Kier alpha value is -1.39. The third-order valence-electron chi connectivity index (χ3n) is 4.83. The molecule has 2 fully saturated rings. The molecule has 1 aliphatic heterocycles. The fourth-order valence-corrected chi connectivity index (χ4v) is 3.20. The van der Waals surface area contributed by atoms with Crippen molar-refractivity contribution in [3.05, 3.63) is 35.4 Å². The van der Waals surface area contributed by atoms with E-state index < -0.39 is 0 Å². The molecule has 0 aromatic heterocycles. The molecular weight excluding hydrogens is 288 g/mol. The lowest BCUT2D eigenvalue weighted by Crippen LogP contribution is -2.39. The van der Waals surface area contributed by atoms with Crippen molar-refractivity contribution >= 4 is 5.91 Å². The van der Waals surface area contributed by atoms with Crippen molar-refractivity contribution in [3.8, 4) is 0 Å². The summed E-state index contributed by atoms with van der Waals surface area (Å²) in [5.41, 5.74) is 2.48. The van der Waals surface area contributed by atoms with Gasteiger partial charge in [0.2, 0.25) is 5.91 Å². The molecule has 1 saturated heterocycles. The molecule has 0 spiro atoms. The van der Waals surface area contributed by atoms with Crippen LogP contribution in [-0.2, 0) is 9.53 Å². The first kappa shape index (κ1) is 16.5. The van der Waals surface area contributed by atoms with E-state index in [-0.39, 0.29) is 12.0 Å². The van der Waals surface area contributed by atoms with Crippen LogP contribution < -0.4 is 10.6 Å². The summed E-state index contributed by atoms with van der Waals surface area (Å²) in [6.45, 7) is 5.01. The van der Waals surface area contributed by atoms with Crippen molar-refractivity contribution in [1.82, 2.24) is 10.6 Å². The van der Waals surface area contributed by atoms with Gasteiger partial charge in [0.1, 0.15) is 0 Å². The van der Waals surface area contributed by atoms with E-state index in [4.69, 9.17) is 4.74 Å². The number of benzene rings is 1. The van der Waals surface area contributed by atoms with Gasteiger partial charge in [-0.2, -0.15) is 0 Å². The van der Waals surface area contributed by atoms with Gasteiger partial charge in [0.15, 0.2) is 0 Å². The van der Waals surface area contributed by atoms with Crippen LogP contribution in [0.5, 0.6) is 0 Å². The third-order valence-corrected chi connectivity index (χ3v) is 4.83. The smallest absolute Gasteiger partial charge is 0.233 e. The normalized spacial score (nSPS) is 24.4. The van der Waals surface area contributed by atoms with Crippen LogP contribution in [0.3, 0.4) is 0 Å². The second-order valence-electron chi connectivity index (χ2n) is 6.98. The Kier molecular flexibility index (Phi) is 5.68. The quantitative estimate of drug-likeness (QED) is 0.813. The van der Waals surface area contributed by atoms with Crippen LogP contribution in [0.15, 0.2) is 24.3 Å². The molecule has 2 atom stereocenters. The Morgan fingerprint density at radius 3 is 2.70 bits per heavy atom. The maximum atomic E-state index is 12.0. The molecule has 2 N–H and O–H groups in total. The van der Waals surface area contributed by atoms with E-state index in [1.807, 2.05) is 0 Å². The summed E-state index contributed by atoms with van der Waals surface area (Å²) < 4.78 is 6.00. The number of aryl methyl sites for hydroxylation is 1. The topological polar surface area (TPSA) is 50.4 Å². The zero-order valence-electron chi connectivity index (χ0n) is 14.0. The minimum Gasteiger partial charge on any atom is -0.373 e. The lowest BCUT2D eigenvalue weighted by atomic mass is 9.89. The summed E-state index contributed by atoms with van der Waals surface area (Å²) in [6.07, 6.45) is 4.90. The third kappa shape index (κ3) is 5.05. The maximum absolute atomic E-state index is 12.0. The van der Waals surface area contributed by atoms with Crippen molar-refractivity contribution in [2.24, 2.45) is 11.8 Å². The van der Waals surface area contributed by atoms with Crippen molar-refractivity contribution in [2.75, 3.05) is 26.2 Å². The summed E-state index contributed by atoms with van der Waals surface area (Å²) in [6, 6.07) is 8.56. The van der Waals surface area contributed by atoms with Crippen LogP contribution >= 0.6 is 0 Å². The molecule has 4 heteroatoms. The first-order chi connectivity index (χ1) is 11.2. The molecule has 23 heavy (non-hydrogen) atoms. The second kappa shape index (κ2) is 7.93. The Labute approximate surface area is 139 Å². The van der Waals surface area contributed by atoms with Crippen molar-refractivity contribution in [3.63, 3.8) is 0 Å². The Balaban J connectivity index is 1.47. The highest BCUT2D eigenvalue weighted by Gasteiger charge is 2.27.